The first kappa shape index (κ1) is 12.3. The molecule has 0 radical (unpaired) electrons. The molecule has 0 aliphatic carbocycles. The Hall–Kier alpha value is -1.77. The van der Waals surface area contributed by atoms with Gasteiger partial charge in [0.25, 0.3) is 0 Å². The topological polar surface area (TPSA) is 41.8 Å². The van der Waals surface area contributed by atoms with Crippen LogP contribution in [-0.4, -0.2) is 11.5 Å². The van der Waals surface area contributed by atoms with Gasteiger partial charge in [-0.15, -0.1) is 0 Å². The van der Waals surface area contributed by atoms with Crippen LogP contribution < -0.4 is 5.73 Å². The Labute approximate surface area is 117 Å². The number of aromatic nitrogens is 1. The predicted molar refractivity (Wildman–Crippen MR) is 80.6 cm³/mol. The van der Waals surface area contributed by atoms with Gasteiger partial charge in [-0.25, -0.2) is 0 Å². The van der Waals surface area contributed by atoms with E-state index in [9.17, 15) is 0 Å². The maximum absolute atomic E-state index is 6.08. The third-order valence-corrected chi connectivity index (χ3v) is 3.72. The molecule has 3 aromatic rings. The molecule has 0 amide bonds. The minimum atomic E-state index is 0.162. The fourth-order valence-corrected chi connectivity index (χ4v) is 2.75. The molecule has 1 heterocycles. The Bertz CT molecular complexity index is 703. The maximum atomic E-state index is 6.08. The van der Waals surface area contributed by atoms with Crippen molar-refractivity contribution in [2.75, 3.05) is 6.54 Å². The Morgan fingerprint density at radius 2 is 1.95 bits per heavy atom. The van der Waals surface area contributed by atoms with E-state index in [1.54, 1.807) is 0 Å². The van der Waals surface area contributed by atoms with E-state index in [1.165, 1.54) is 10.9 Å². The van der Waals surface area contributed by atoms with E-state index in [-0.39, 0.29) is 5.92 Å². The number of para-hydroxylation sites is 1. The van der Waals surface area contributed by atoms with Gasteiger partial charge in [-0.05, 0) is 29.3 Å². The van der Waals surface area contributed by atoms with Crippen molar-refractivity contribution >= 4 is 22.5 Å². The molecule has 2 aromatic carbocycles. The van der Waals surface area contributed by atoms with Gasteiger partial charge in [0.15, 0.2) is 0 Å². The molecule has 3 heteroatoms. The molecule has 1 aromatic heterocycles. The molecule has 0 bridgehead atoms. The van der Waals surface area contributed by atoms with Crippen LogP contribution in [0.25, 0.3) is 10.9 Å². The van der Waals surface area contributed by atoms with Gasteiger partial charge in [0.2, 0.25) is 0 Å². The first-order valence-corrected chi connectivity index (χ1v) is 6.69. The quantitative estimate of drug-likeness (QED) is 0.744. The lowest BCUT2D eigenvalue weighted by molar-refractivity contribution is 0.825. The number of benzene rings is 2. The summed E-state index contributed by atoms with van der Waals surface area (Å²) in [5.74, 6) is 0.162. The molecular formula is C16H15ClN2. The van der Waals surface area contributed by atoms with E-state index in [0.717, 1.165) is 16.1 Å². The molecule has 0 aliphatic rings. The van der Waals surface area contributed by atoms with E-state index in [2.05, 4.69) is 23.2 Å². The average Bonchev–Trinajstić information content (AvgIpc) is 2.84. The molecule has 96 valence electrons. The minimum absolute atomic E-state index is 0.162. The Morgan fingerprint density at radius 1 is 1.11 bits per heavy atom. The second-order valence-electron chi connectivity index (χ2n) is 4.63. The maximum Gasteiger partial charge on any atom is 0.0457 e. The number of nitrogens with two attached hydrogens (primary N) is 1. The fraction of sp³-hybridized carbons (Fsp3) is 0.125. The summed E-state index contributed by atoms with van der Waals surface area (Å²) >= 11 is 6.08. The van der Waals surface area contributed by atoms with Crippen molar-refractivity contribution in [3.05, 3.63) is 70.9 Å². The molecule has 0 saturated heterocycles. The van der Waals surface area contributed by atoms with Gasteiger partial charge in [0.1, 0.15) is 0 Å². The normalized spacial score (nSPS) is 12.7. The summed E-state index contributed by atoms with van der Waals surface area (Å²) < 4.78 is 0. The highest BCUT2D eigenvalue weighted by Gasteiger charge is 2.16. The standard InChI is InChI=1S/C16H15ClN2/c17-12-5-3-4-11(8-12)14(9-18)15-10-19-16-7-2-1-6-13(15)16/h1-8,10,14,19H,9,18H2. The first-order chi connectivity index (χ1) is 9.29. The molecule has 0 spiro atoms. The third kappa shape index (κ3) is 2.25. The molecule has 0 aliphatic heterocycles. The van der Waals surface area contributed by atoms with Crippen LogP contribution in [-0.2, 0) is 0 Å². The second kappa shape index (κ2) is 5.08. The van der Waals surface area contributed by atoms with Crippen LogP contribution in [0.5, 0.6) is 0 Å². The van der Waals surface area contributed by atoms with Crippen molar-refractivity contribution < 1.29 is 0 Å². The first-order valence-electron chi connectivity index (χ1n) is 6.31. The van der Waals surface area contributed by atoms with E-state index in [1.807, 2.05) is 36.5 Å². The lowest BCUT2D eigenvalue weighted by Crippen LogP contribution is -2.13. The third-order valence-electron chi connectivity index (χ3n) is 3.48. The largest absolute Gasteiger partial charge is 0.361 e. The summed E-state index contributed by atoms with van der Waals surface area (Å²) in [6.45, 7) is 0.558. The van der Waals surface area contributed by atoms with Crippen LogP contribution in [0.1, 0.15) is 17.0 Å². The van der Waals surface area contributed by atoms with Crippen LogP contribution in [0.3, 0.4) is 0 Å². The number of nitrogens with one attached hydrogen (secondary N) is 1. The van der Waals surface area contributed by atoms with Gasteiger partial charge >= 0.3 is 0 Å². The van der Waals surface area contributed by atoms with Crippen molar-refractivity contribution in [3.63, 3.8) is 0 Å². The molecule has 0 fully saturated rings. The molecule has 3 N–H and O–H groups in total. The molecule has 2 nitrogen and oxygen atoms in total. The number of hydrogen-bond donors (Lipinski definition) is 2. The Kier molecular flexibility index (Phi) is 3.28. The Morgan fingerprint density at radius 3 is 2.74 bits per heavy atom. The van der Waals surface area contributed by atoms with Crippen LogP contribution in [0.2, 0.25) is 5.02 Å². The highest BCUT2D eigenvalue weighted by atomic mass is 35.5. The highest BCUT2D eigenvalue weighted by Crippen LogP contribution is 2.31. The predicted octanol–water partition coefficient (Wildman–Crippen LogP) is 3.91. The second-order valence-corrected chi connectivity index (χ2v) is 5.07. The van der Waals surface area contributed by atoms with Gasteiger partial charge < -0.3 is 10.7 Å². The summed E-state index contributed by atoms with van der Waals surface area (Å²) in [5.41, 5.74) is 9.49. The summed E-state index contributed by atoms with van der Waals surface area (Å²) in [6.07, 6.45) is 2.04. The van der Waals surface area contributed by atoms with Crippen molar-refractivity contribution in [1.82, 2.24) is 4.98 Å². The number of aromatic amines is 1. The fourth-order valence-electron chi connectivity index (χ4n) is 2.55. The van der Waals surface area contributed by atoms with Crippen molar-refractivity contribution in [2.24, 2.45) is 5.73 Å². The summed E-state index contributed by atoms with van der Waals surface area (Å²) in [4.78, 5) is 3.30. The Balaban J connectivity index is 2.12. The number of hydrogen-bond acceptors (Lipinski definition) is 1. The minimum Gasteiger partial charge on any atom is -0.361 e. The monoisotopic (exact) mass is 270 g/mol. The zero-order valence-corrected chi connectivity index (χ0v) is 11.2. The van der Waals surface area contributed by atoms with Crippen LogP contribution in [0, 0.1) is 0 Å². The van der Waals surface area contributed by atoms with E-state index in [0.29, 0.717) is 6.54 Å². The van der Waals surface area contributed by atoms with Crippen molar-refractivity contribution in [3.8, 4) is 0 Å². The molecule has 1 unspecified atom stereocenters. The number of fused-ring (bicyclic) bond motifs is 1. The molecule has 19 heavy (non-hydrogen) atoms. The number of H-pyrrole nitrogens is 1. The molecule has 1 atom stereocenters. The van der Waals surface area contributed by atoms with Gasteiger partial charge in [-0.2, -0.15) is 0 Å². The number of rotatable bonds is 3. The van der Waals surface area contributed by atoms with Gasteiger partial charge in [0, 0.05) is 34.6 Å². The summed E-state index contributed by atoms with van der Waals surface area (Å²) in [5, 5.41) is 1.97. The zero-order valence-electron chi connectivity index (χ0n) is 10.4. The lowest BCUT2D eigenvalue weighted by Gasteiger charge is -2.15. The van der Waals surface area contributed by atoms with Crippen molar-refractivity contribution in [1.29, 1.82) is 0 Å². The van der Waals surface area contributed by atoms with Crippen LogP contribution in [0.4, 0.5) is 0 Å². The highest BCUT2D eigenvalue weighted by molar-refractivity contribution is 6.30. The van der Waals surface area contributed by atoms with Gasteiger partial charge in [0.05, 0.1) is 0 Å². The zero-order chi connectivity index (χ0) is 13.2. The summed E-state index contributed by atoms with van der Waals surface area (Å²) in [6, 6.07) is 16.2. The van der Waals surface area contributed by atoms with Crippen LogP contribution >= 0.6 is 11.6 Å². The molecule has 0 saturated carbocycles. The van der Waals surface area contributed by atoms with Gasteiger partial charge in [-0.1, -0.05) is 41.9 Å². The molecule has 3 rings (SSSR count). The van der Waals surface area contributed by atoms with Crippen LogP contribution in [0.15, 0.2) is 54.7 Å². The smallest absolute Gasteiger partial charge is 0.0457 e. The summed E-state index contributed by atoms with van der Waals surface area (Å²) in [7, 11) is 0. The van der Waals surface area contributed by atoms with Crippen molar-refractivity contribution in [2.45, 2.75) is 5.92 Å². The van der Waals surface area contributed by atoms with Gasteiger partial charge in [-0.3, -0.25) is 0 Å². The van der Waals surface area contributed by atoms with E-state index >= 15 is 0 Å². The molecular weight excluding hydrogens is 256 g/mol. The lowest BCUT2D eigenvalue weighted by atomic mass is 9.91. The number of halogens is 1. The van der Waals surface area contributed by atoms with E-state index in [4.69, 9.17) is 17.3 Å². The SMILES string of the molecule is NCC(c1cccc(Cl)c1)c1c[nH]c2ccccc12. The average molecular weight is 271 g/mol. The van der Waals surface area contributed by atoms with E-state index < -0.39 is 0 Å².